The van der Waals surface area contributed by atoms with Gasteiger partial charge >= 0.3 is 5.97 Å². The molecule has 0 spiro atoms. The summed E-state index contributed by atoms with van der Waals surface area (Å²) in [5.41, 5.74) is 1.31. The van der Waals surface area contributed by atoms with Gasteiger partial charge in [0.2, 0.25) is 5.78 Å². The molecule has 0 aliphatic carbocycles. The Morgan fingerprint density at radius 1 is 1.03 bits per heavy atom. The quantitative estimate of drug-likeness (QED) is 0.222. The van der Waals surface area contributed by atoms with Crippen LogP contribution in [0.3, 0.4) is 0 Å². The molecule has 0 radical (unpaired) electrons. The van der Waals surface area contributed by atoms with Gasteiger partial charge in [-0.2, -0.15) is 0 Å². The number of methoxy groups -OCH3 is 1. The van der Waals surface area contributed by atoms with Crippen LogP contribution in [-0.2, 0) is 27.3 Å². The van der Waals surface area contributed by atoms with E-state index in [0.717, 1.165) is 5.56 Å². The lowest BCUT2D eigenvalue weighted by Crippen LogP contribution is -2.39. The van der Waals surface area contributed by atoms with Crippen LogP contribution in [0.2, 0.25) is 0 Å². The van der Waals surface area contributed by atoms with Crippen molar-refractivity contribution in [2.24, 2.45) is 0 Å². The van der Waals surface area contributed by atoms with Crippen LogP contribution in [0.4, 0.5) is 0 Å². The minimum atomic E-state index is -1.30. The van der Waals surface area contributed by atoms with Crippen LogP contribution in [0.25, 0.3) is 10.9 Å². The number of rotatable bonds is 8. The van der Waals surface area contributed by atoms with Crippen LogP contribution in [0.15, 0.2) is 48.5 Å². The van der Waals surface area contributed by atoms with E-state index in [2.05, 4.69) is 0 Å². The first-order chi connectivity index (χ1) is 14.7. The molecule has 0 bridgehead atoms. The third-order valence-electron chi connectivity index (χ3n) is 5.13. The van der Waals surface area contributed by atoms with Crippen molar-refractivity contribution in [1.29, 1.82) is 0 Å². The molecule has 7 heteroatoms. The Morgan fingerprint density at radius 2 is 1.71 bits per heavy atom. The topological polar surface area (TPSA) is 74.6 Å². The molecule has 3 aromatic rings. The van der Waals surface area contributed by atoms with Crippen LogP contribution in [0.1, 0.15) is 42.4 Å². The van der Waals surface area contributed by atoms with Crippen LogP contribution in [0, 0.1) is 0 Å². The van der Waals surface area contributed by atoms with Gasteiger partial charge in [0.05, 0.1) is 23.6 Å². The molecule has 0 saturated carbocycles. The second kappa shape index (κ2) is 8.94. The summed E-state index contributed by atoms with van der Waals surface area (Å²) in [6, 6.07) is 15.1. The molecule has 0 aliphatic rings. The maximum absolute atomic E-state index is 12.9. The molecule has 3 rings (SSSR count). The molecule has 0 aliphatic heterocycles. The Hall–Kier alpha value is -3.12. The third kappa shape index (κ3) is 4.35. The lowest BCUT2D eigenvalue weighted by atomic mass is 10.0. The smallest absolute Gasteiger partial charge is 0.349 e. The van der Waals surface area contributed by atoms with E-state index in [1.807, 2.05) is 47.9 Å². The summed E-state index contributed by atoms with van der Waals surface area (Å²) in [4.78, 5) is 36.9. The highest BCUT2D eigenvalue weighted by Gasteiger charge is 2.34. The first-order valence-corrected chi connectivity index (χ1v) is 10.3. The minimum absolute atomic E-state index is 0.199. The molecule has 1 aromatic heterocycles. The molecule has 31 heavy (non-hydrogen) atoms. The minimum Gasteiger partial charge on any atom is -0.475 e. The molecular weight excluding hydrogens is 418 g/mol. The SMILES string of the molecule is CCc1c(C(=O)C(=O)Cl)c2c(OC(C)(C)C(=O)OC)cccc2n1Cc1ccccc1. The van der Waals surface area contributed by atoms with E-state index in [4.69, 9.17) is 21.1 Å². The predicted octanol–water partition coefficient (Wildman–Crippen LogP) is 4.53. The summed E-state index contributed by atoms with van der Waals surface area (Å²) in [6.45, 7) is 5.55. The molecule has 0 fully saturated rings. The number of hydrogen-bond acceptors (Lipinski definition) is 5. The molecule has 162 valence electrons. The summed E-state index contributed by atoms with van der Waals surface area (Å²) in [5, 5.41) is -0.623. The Balaban J connectivity index is 2.29. The van der Waals surface area contributed by atoms with E-state index in [9.17, 15) is 14.4 Å². The number of benzene rings is 2. The van der Waals surface area contributed by atoms with E-state index >= 15 is 0 Å². The summed E-state index contributed by atoms with van der Waals surface area (Å²) >= 11 is 5.61. The average molecular weight is 442 g/mol. The molecule has 0 unspecified atom stereocenters. The van der Waals surface area contributed by atoms with Gasteiger partial charge in [-0.05, 0) is 49.6 Å². The van der Waals surface area contributed by atoms with Gasteiger partial charge in [-0.3, -0.25) is 9.59 Å². The number of ketones is 1. The standard InChI is InChI=1S/C24H24ClNO5/c1-5-16-20(21(27)22(25)28)19-17(26(16)14-15-10-7-6-8-11-15)12-9-13-18(19)31-24(2,3)23(29)30-4/h6-13H,5,14H2,1-4H3. The van der Waals surface area contributed by atoms with Gasteiger partial charge in [-0.1, -0.05) is 43.3 Å². The van der Waals surface area contributed by atoms with Crippen LogP contribution in [0.5, 0.6) is 5.75 Å². The number of carbonyl (C=O) groups is 3. The largest absolute Gasteiger partial charge is 0.475 e. The van der Waals surface area contributed by atoms with Crippen molar-refractivity contribution in [3.63, 3.8) is 0 Å². The zero-order valence-corrected chi connectivity index (χ0v) is 18.7. The van der Waals surface area contributed by atoms with Gasteiger partial charge in [-0.15, -0.1) is 0 Å². The number of fused-ring (bicyclic) bond motifs is 1. The Labute approximate surface area is 185 Å². The first-order valence-electron chi connectivity index (χ1n) is 9.90. The normalized spacial score (nSPS) is 11.4. The zero-order chi connectivity index (χ0) is 22.8. The zero-order valence-electron chi connectivity index (χ0n) is 17.9. The molecule has 0 N–H and O–H groups in total. The molecule has 1 heterocycles. The number of aromatic nitrogens is 1. The molecule has 6 nitrogen and oxygen atoms in total. The van der Waals surface area contributed by atoms with Crippen molar-refractivity contribution in [2.45, 2.75) is 39.3 Å². The van der Waals surface area contributed by atoms with Crippen molar-refractivity contribution in [3.8, 4) is 5.75 Å². The van der Waals surface area contributed by atoms with Crippen LogP contribution in [-0.4, -0.2) is 34.3 Å². The fourth-order valence-corrected chi connectivity index (χ4v) is 3.82. The predicted molar refractivity (Wildman–Crippen MR) is 119 cm³/mol. The number of Topliss-reactive ketones (excluding diaryl/α,β-unsaturated/α-hetero) is 1. The maximum Gasteiger partial charge on any atom is 0.349 e. The van der Waals surface area contributed by atoms with Crippen molar-refractivity contribution in [2.75, 3.05) is 7.11 Å². The molecule has 0 amide bonds. The molecule has 0 atom stereocenters. The van der Waals surface area contributed by atoms with Crippen molar-refractivity contribution < 1.29 is 23.9 Å². The van der Waals surface area contributed by atoms with Crippen molar-refractivity contribution >= 4 is 39.5 Å². The Bertz CT molecular complexity index is 1150. The number of nitrogens with zero attached hydrogens (tertiary/aromatic N) is 1. The van der Waals surface area contributed by atoms with Gasteiger partial charge in [-0.25, -0.2) is 4.79 Å². The van der Waals surface area contributed by atoms with E-state index in [-0.39, 0.29) is 5.56 Å². The van der Waals surface area contributed by atoms with Gasteiger partial charge in [0.15, 0.2) is 5.60 Å². The van der Waals surface area contributed by atoms with Crippen LogP contribution < -0.4 is 4.74 Å². The highest BCUT2D eigenvalue weighted by molar-refractivity contribution is 6.83. The van der Waals surface area contributed by atoms with Gasteiger partial charge in [0.25, 0.3) is 5.24 Å². The fourth-order valence-electron chi connectivity index (χ4n) is 3.72. The number of carbonyl (C=O) groups excluding carboxylic acids is 3. The van der Waals surface area contributed by atoms with Crippen LogP contribution >= 0.6 is 11.6 Å². The lowest BCUT2D eigenvalue weighted by Gasteiger charge is -2.24. The van der Waals surface area contributed by atoms with Crippen molar-refractivity contribution in [3.05, 3.63) is 65.4 Å². The highest BCUT2D eigenvalue weighted by Crippen LogP contribution is 2.37. The molecular formula is C24H24ClNO5. The van der Waals surface area contributed by atoms with E-state index in [1.165, 1.54) is 7.11 Å². The monoisotopic (exact) mass is 441 g/mol. The third-order valence-corrected chi connectivity index (χ3v) is 5.30. The number of halogens is 1. The van der Waals surface area contributed by atoms with Crippen molar-refractivity contribution in [1.82, 2.24) is 4.57 Å². The maximum atomic E-state index is 12.9. The van der Waals surface area contributed by atoms with Gasteiger partial charge in [0, 0.05) is 12.2 Å². The van der Waals surface area contributed by atoms with E-state index in [0.29, 0.717) is 35.3 Å². The lowest BCUT2D eigenvalue weighted by molar-refractivity contribution is -0.155. The molecule has 0 saturated heterocycles. The van der Waals surface area contributed by atoms with E-state index < -0.39 is 22.6 Å². The number of hydrogen-bond donors (Lipinski definition) is 0. The van der Waals surface area contributed by atoms with E-state index in [1.54, 1.807) is 26.0 Å². The van der Waals surface area contributed by atoms with Gasteiger partial charge < -0.3 is 14.0 Å². The summed E-state index contributed by atoms with van der Waals surface area (Å²) in [5.74, 6) is -1.07. The molecule has 2 aromatic carbocycles. The summed E-state index contributed by atoms with van der Waals surface area (Å²) in [6.07, 6.45) is 0.493. The number of esters is 1. The second-order valence-electron chi connectivity index (χ2n) is 7.60. The Morgan fingerprint density at radius 3 is 2.29 bits per heavy atom. The summed E-state index contributed by atoms with van der Waals surface area (Å²) in [7, 11) is 1.28. The highest BCUT2D eigenvalue weighted by atomic mass is 35.5. The number of ether oxygens (including phenoxy) is 2. The fraction of sp³-hybridized carbons (Fsp3) is 0.292. The second-order valence-corrected chi connectivity index (χ2v) is 7.95. The summed E-state index contributed by atoms with van der Waals surface area (Å²) < 4.78 is 12.8. The average Bonchev–Trinajstić information content (AvgIpc) is 3.07. The van der Waals surface area contributed by atoms with Gasteiger partial charge in [0.1, 0.15) is 5.75 Å². The first kappa shape index (κ1) is 22.6. The Kier molecular flexibility index (Phi) is 6.51.